The van der Waals surface area contributed by atoms with Crippen LogP contribution in [-0.4, -0.2) is 9.38 Å². The van der Waals surface area contributed by atoms with Gasteiger partial charge in [0.05, 0.1) is 16.6 Å². The number of rotatable bonds is 1. The molecule has 0 aliphatic rings. The van der Waals surface area contributed by atoms with Crippen LogP contribution in [0.3, 0.4) is 0 Å². The molecular weight excluding hydrogens is 272 g/mol. The molecule has 0 aliphatic heterocycles. The van der Waals surface area contributed by atoms with E-state index in [4.69, 9.17) is 0 Å². The molecule has 0 N–H and O–H groups in total. The zero-order chi connectivity index (χ0) is 10.3. The predicted octanol–water partition coefficient (Wildman–Crippen LogP) is 3.83. The fourth-order valence-corrected chi connectivity index (χ4v) is 2.98. The van der Waals surface area contributed by atoms with Gasteiger partial charge in [-0.2, -0.15) is 0 Å². The fourth-order valence-electron chi connectivity index (χ4n) is 1.56. The van der Waals surface area contributed by atoms with Crippen molar-refractivity contribution in [3.05, 3.63) is 46.5 Å². The summed E-state index contributed by atoms with van der Waals surface area (Å²) in [6.07, 6.45) is 3.92. The third kappa shape index (κ3) is 1.50. The lowest BCUT2D eigenvalue weighted by atomic mass is 10.4. The van der Waals surface area contributed by atoms with Crippen LogP contribution in [0.15, 0.2) is 46.5 Å². The SMILES string of the molecule is Brc1csc(-c2ncc3ccccn23)c1. The second-order valence-electron chi connectivity index (χ2n) is 3.21. The van der Waals surface area contributed by atoms with Crippen LogP contribution in [0.25, 0.3) is 16.2 Å². The number of aromatic nitrogens is 2. The van der Waals surface area contributed by atoms with Crippen molar-refractivity contribution in [3.8, 4) is 10.7 Å². The first-order valence-electron chi connectivity index (χ1n) is 4.51. The van der Waals surface area contributed by atoms with Crippen molar-refractivity contribution in [1.29, 1.82) is 0 Å². The molecule has 0 radical (unpaired) electrons. The Morgan fingerprint density at radius 2 is 2.27 bits per heavy atom. The quantitative estimate of drug-likeness (QED) is 0.661. The average molecular weight is 279 g/mol. The molecule has 0 aliphatic carbocycles. The second-order valence-corrected chi connectivity index (χ2v) is 5.03. The van der Waals surface area contributed by atoms with E-state index in [9.17, 15) is 0 Å². The van der Waals surface area contributed by atoms with Crippen LogP contribution in [0, 0.1) is 0 Å². The van der Waals surface area contributed by atoms with E-state index in [0.29, 0.717) is 0 Å². The summed E-state index contributed by atoms with van der Waals surface area (Å²) in [5.41, 5.74) is 1.12. The molecule has 0 atom stereocenters. The van der Waals surface area contributed by atoms with Gasteiger partial charge < -0.3 is 0 Å². The van der Waals surface area contributed by atoms with Crippen LogP contribution in [-0.2, 0) is 0 Å². The summed E-state index contributed by atoms with van der Waals surface area (Å²) in [5, 5.41) is 2.07. The Bertz CT molecular complexity index is 612. The molecule has 74 valence electrons. The fraction of sp³-hybridized carbons (Fsp3) is 0. The van der Waals surface area contributed by atoms with Gasteiger partial charge in [0.25, 0.3) is 0 Å². The molecule has 0 amide bonds. The second kappa shape index (κ2) is 3.47. The number of hydrogen-bond donors (Lipinski definition) is 0. The highest BCUT2D eigenvalue weighted by Crippen LogP contribution is 2.29. The van der Waals surface area contributed by atoms with Gasteiger partial charge in [0.2, 0.25) is 0 Å². The van der Waals surface area contributed by atoms with Crippen molar-refractivity contribution in [2.24, 2.45) is 0 Å². The number of nitrogens with zero attached hydrogens (tertiary/aromatic N) is 2. The normalized spacial score (nSPS) is 11.0. The minimum absolute atomic E-state index is 1.00. The number of hydrogen-bond acceptors (Lipinski definition) is 2. The Hall–Kier alpha value is -1.13. The number of halogens is 1. The summed E-state index contributed by atoms with van der Waals surface area (Å²) >= 11 is 5.15. The van der Waals surface area contributed by atoms with E-state index in [2.05, 4.69) is 42.8 Å². The van der Waals surface area contributed by atoms with E-state index in [1.165, 1.54) is 4.88 Å². The molecule has 3 rings (SSSR count). The highest BCUT2D eigenvalue weighted by molar-refractivity contribution is 9.10. The third-order valence-electron chi connectivity index (χ3n) is 2.23. The van der Waals surface area contributed by atoms with Crippen molar-refractivity contribution in [2.75, 3.05) is 0 Å². The van der Waals surface area contributed by atoms with E-state index in [0.717, 1.165) is 15.8 Å². The van der Waals surface area contributed by atoms with Crippen LogP contribution in [0.2, 0.25) is 0 Å². The van der Waals surface area contributed by atoms with Crippen molar-refractivity contribution in [1.82, 2.24) is 9.38 Å². The summed E-state index contributed by atoms with van der Waals surface area (Å²) in [7, 11) is 0. The monoisotopic (exact) mass is 278 g/mol. The molecule has 0 fully saturated rings. The van der Waals surface area contributed by atoms with Crippen LogP contribution in [0.1, 0.15) is 0 Å². The van der Waals surface area contributed by atoms with Crippen LogP contribution in [0.5, 0.6) is 0 Å². The minimum Gasteiger partial charge on any atom is -0.299 e. The summed E-state index contributed by atoms with van der Waals surface area (Å²) in [6, 6.07) is 8.18. The maximum atomic E-state index is 4.43. The van der Waals surface area contributed by atoms with Gasteiger partial charge >= 0.3 is 0 Å². The van der Waals surface area contributed by atoms with Crippen LogP contribution < -0.4 is 0 Å². The van der Waals surface area contributed by atoms with Gasteiger partial charge in [-0.1, -0.05) is 6.07 Å². The molecule has 3 heterocycles. The predicted molar refractivity (Wildman–Crippen MR) is 66.2 cm³/mol. The zero-order valence-electron chi connectivity index (χ0n) is 7.72. The zero-order valence-corrected chi connectivity index (χ0v) is 10.1. The average Bonchev–Trinajstić information content (AvgIpc) is 2.83. The Morgan fingerprint density at radius 3 is 3.07 bits per heavy atom. The molecule has 4 heteroatoms. The van der Waals surface area contributed by atoms with Gasteiger partial charge in [-0.3, -0.25) is 4.40 Å². The lowest BCUT2D eigenvalue weighted by Crippen LogP contribution is -1.85. The largest absolute Gasteiger partial charge is 0.299 e. The van der Waals surface area contributed by atoms with Gasteiger partial charge in [0, 0.05) is 16.0 Å². The Kier molecular flexibility index (Phi) is 2.11. The molecule has 0 saturated carbocycles. The lowest BCUT2D eigenvalue weighted by Gasteiger charge is -1.96. The maximum Gasteiger partial charge on any atom is 0.154 e. The van der Waals surface area contributed by atoms with E-state index >= 15 is 0 Å². The topological polar surface area (TPSA) is 17.3 Å². The van der Waals surface area contributed by atoms with Gasteiger partial charge in [0.15, 0.2) is 5.82 Å². The molecule has 0 unspecified atom stereocenters. The number of fused-ring (bicyclic) bond motifs is 1. The van der Waals surface area contributed by atoms with Crippen LogP contribution in [0.4, 0.5) is 0 Å². The molecule has 0 aromatic carbocycles. The number of thiophene rings is 1. The van der Waals surface area contributed by atoms with Crippen molar-refractivity contribution < 1.29 is 0 Å². The summed E-state index contributed by atoms with van der Waals surface area (Å²) < 4.78 is 3.20. The Morgan fingerprint density at radius 1 is 1.33 bits per heavy atom. The first-order valence-corrected chi connectivity index (χ1v) is 6.18. The molecular formula is C11H7BrN2S. The maximum absolute atomic E-state index is 4.43. The Balaban J connectivity index is 2.27. The van der Waals surface area contributed by atoms with E-state index in [1.807, 2.05) is 24.5 Å². The molecule has 0 saturated heterocycles. The van der Waals surface area contributed by atoms with E-state index in [1.54, 1.807) is 11.3 Å². The van der Waals surface area contributed by atoms with Crippen molar-refractivity contribution >= 4 is 32.8 Å². The number of pyridine rings is 1. The standard InChI is InChI=1S/C11H7BrN2S/c12-8-5-10(15-7-8)11-13-6-9-3-1-2-4-14(9)11/h1-7H. The van der Waals surface area contributed by atoms with Gasteiger partial charge in [-0.15, -0.1) is 11.3 Å². The van der Waals surface area contributed by atoms with E-state index < -0.39 is 0 Å². The molecule has 2 nitrogen and oxygen atoms in total. The lowest BCUT2D eigenvalue weighted by molar-refractivity contribution is 1.17. The highest BCUT2D eigenvalue weighted by Gasteiger charge is 2.07. The van der Waals surface area contributed by atoms with Crippen LogP contribution >= 0.6 is 27.3 Å². The summed E-state index contributed by atoms with van der Waals surface area (Å²) in [4.78, 5) is 5.61. The molecule has 0 spiro atoms. The highest BCUT2D eigenvalue weighted by atomic mass is 79.9. The number of imidazole rings is 1. The molecule has 3 aromatic heterocycles. The van der Waals surface area contributed by atoms with Crippen molar-refractivity contribution in [3.63, 3.8) is 0 Å². The van der Waals surface area contributed by atoms with Crippen molar-refractivity contribution in [2.45, 2.75) is 0 Å². The van der Waals surface area contributed by atoms with Gasteiger partial charge in [0.1, 0.15) is 0 Å². The summed E-state index contributed by atoms with van der Waals surface area (Å²) in [6.45, 7) is 0. The van der Waals surface area contributed by atoms with Gasteiger partial charge in [-0.05, 0) is 34.1 Å². The van der Waals surface area contributed by atoms with Gasteiger partial charge in [-0.25, -0.2) is 4.98 Å². The molecule has 0 bridgehead atoms. The molecule has 15 heavy (non-hydrogen) atoms. The van der Waals surface area contributed by atoms with E-state index in [-0.39, 0.29) is 0 Å². The first-order chi connectivity index (χ1) is 7.34. The smallest absolute Gasteiger partial charge is 0.154 e. The summed E-state index contributed by atoms with van der Waals surface area (Å²) in [5.74, 6) is 1.00. The third-order valence-corrected chi connectivity index (χ3v) is 3.91. The Labute approximate surface area is 99.3 Å². The minimum atomic E-state index is 1.00. The molecule has 3 aromatic rings. The first kappa shape index (κ1) is 9.12.